The van der Waals surface area contributed by atoms with Crippen molar-refractivity contribution in [1.82, 2.24) is 9.55 Å². The highest BCUT2D eigenvalue weighted by molar-refractivity contribution is 7.99. The summed E-state index contributed by atoms with van der Waals surface area (Å²) in [5.41, 5.74) is 0.691. The van der Waals surface area contributed by atoms with Crippen LogP contribution in [0.2, 0.25) is 0 Å². The molecular formula is C13H16N2O2S. The smallest absolute Gasteiger partial charge is 0.262 e. The van der Waals surface area contributed by atoms with Gasteiger partial charge in [0.1, 0.15) is 0 Å². The van der Waals surface area contributed by atoms with Crippen molar-refractivity contribution in [3.63, 3.8) is 0 Å². The third kappa shape index (κ3) is 2.42. The van der Waals surface area contributed by atoms with E-state index in [1.54, 1.807) is 10.6 Å². The van der Waals surface area contributed by atoms with Crippen molar-refractivity contribution >= 4 is 22.7 Å². The molecule has 0 atom stereocenters. The number of para-hydroxylation sites is 1. The van der Waals surface area contributed by atoms with Crippen LogP contribution in [0.4, 0.5) is 0 Å². The molecule has 1 heterocycles. The molecule has 0 aliphatic heterocycles. The average Bonchev–Trinajstić information content (AvgIpc) is 2.36. The number of benzene rings is 1. The molecule has 5 heteroatoms. The number of aliphatic hydroxyl groups is 1. The molecule has 0 fully saturated rings. The zero-order valence-electron chi connectivity index (χ0n) is 10.5. The Kier molecular flexibility index (Phi) is 4.04. The van der Waals surface area contributed by atoms with E-state index in [2.05, 4.69) is 4.98 Å². The van der Waals surface area contributed by atoms with Gasteiger partial charge < -0.3 is 5.11 Å². The molecule has 0 bridgehead atoms. The van der Waals surface area contributed by atoms with Crippen molar-refractivity contribution in [3.05, 3.63) is 34.6 Å². The molecule has 0 saturated heterocycles. The van der Waals surface area contributed by atoms with Gasteiger partial charge in [-0.15, -0.1) is 0 Å². The zero-order chi connectivity index (χ0) is 13.1. The average molecular weight is 264 g/mol. The van der Waals surface area contributed by atoms with E-state index < -0.39 is 0 Å². The minimum Gasteiger partial charge on any atom is -0.396 e. The summed E-state index contributed by atoms with van der Waals surface area (Å²) in [6, 6.07) is 7.40. The lowest BCUT2D eigenvalue weighted by atomic mass is 10.2. The van der Waals surface area contributed by atoms with E-state index in [0.717, 1.165) is 0 Å². The lowest BCUT2D eigenvalue weighted by Crippen LogP contribution is -2.25. The molecule has 1 aromatic heterocycles. The SMILES string of the molecule is CC(C)n1c(SCCO)nc2ccccc2c1=O. The normalized spacial score (nSPS) is 11.3. The highest BCUT2D eigenvalue weighted by atomic mass is 32.2. The molecule has 0 unspecified atom stereocenters. The van der Waals surface area contributed by atoms with E-state index in [1.807, 2.05) is 32.0 Å². The summed E-state index contributed by atoms with van der Waals surface area (Å²) in [7, 11) is 0. The van der Waals surface area contributed by atoms with Gasteiger partial charge in [0.15, 0.2) is 5.16 Å². The molecule has 4 nitrogen and oxygen atoms in total. The van der Waals surface area contributed by atoms with E-state index in [9.17, 15) is 4.79 Å². The molecule has 18 heavy (non-hydrogen) atoms. The lowest BCUT2D eigenvalue weighted by molar-refractivity contribution is 0.322. The molecule has 0 spiro atoms. The van der Waals surface area contributed by atoms with Crippen LogP contribution in [0.5, 0.6) is 0 Å². The van der Waals surface area contributed by atoms with Crippen molar-refractivity contribution in [2.45, 2.75) is 25.0 Å². The molecule has 2 aromatic rings. The maximum Gasteiger partial charge on any atom is 0.262 e. The van der Waals surface area contributed by atoms with Gasteiger partial charge in [-0.3, -0.25) is 9.36 Å². The van der Waals surface area contributed by atoms with Gasteiger partial charge in [0.2, 0.25) is 0 Å². The summed E-state index contributed by atoms with van der Waals surface area (Å²) in [5.74, 6) is 0.539. The van der Waals surface area contributed by atoms with Crippen molar-refractivity contribution in [1.29, 1.82) is 0 Å². The summed E-state index contributed by atoms with van der Waals surface area (Å²) in [6.07, 6.45) is 0. The van der Waals surface area contributed by atoms with E-state index in [1.165, 1.54) is 11.8 Å². The van der Waals surface area contributed by atoms with Crippen LogP contribution in [0.25, 0.3) is 10.9 Å². The van der Waals surface area contributed by atoms with Crippen LogP contribution in [0.1, 0.15) is 19.9 Å². The number of fused-ring (bicyclic) bond motifs is 1. The molecular weight excluding hydrogens is 248 g/mol. The van der Waals surface area contributed by atoms with Crippen molar-refractivity contribution in [2.75, 3.05) is 12.4 Å². The van der Waals surface area contributed by atoms with Crippen LogP contribution in [-0.2, 0) is 0 Å². The fraction of sp³-hybridized carbons (Fsp3) is 0.385. The first kappa shape index (κ1) is 13.1. The first-order valence-corrected chi connectivity index (χ1v) is 6.88. The van der Waals surface area contributed by atoms with Crippen LogP contribution in [-0.4, -0.2) is 27.0 Å². The molecule has 0 saturated carbocycles. The standard InChI is InChI=1S/C13H16N2O2S/c1-9(2)15-12(17)10-5-3-4-6-11(10)14-13(15)18-8-7-16/h3-6,9,16H,7-8H2,1-2H3. The summed E-state index contributed by atoms with van der Waals surface area (Å²) in [6.45, 7) is 3.99. The highest BCUT2D eigenvalue weighted by Gasteiger charge is 2.13. The summed E-state index contributed by atoms with van der Waals surface area (Å²) in [5, 5.41) is 10.2. The third-order valence-corrected chi connectivity index (χ3v) is 3.55. The van der Waals surface area contributed by atoms with Gasteiger partial charge >= 0.3 is 0 Å². The minimum absolute atomic E-state index is 0.0176. The summed E-state index contributed by atoms with van der Waals surface area (Å²) in [4.78, 5) is 16.9. The molecule has 2 rings (SSSR count). The number of aromatic nitrogens is 2. The number of aliphatic hydroxyl groups excluding tert-OH is 1. The second-order valence-electron chi connectivity index (χ2n) is 4.25. The van der Waals surface area contributed by atoms with Gasteiger partial charge in [0.05, 0.1) is 17.5 Å². The van der Waals surface area contributed by atoms with Crippen molar-refractivity contribution in [3.8, 4) is 0 Å². The zero-order valence-corrected chi connectivity index (χ0v) is 11.3. The molecule has 0 aliphatic rings. The van der Waals surface area contributed by atoms with Crippen molar-refractivity contribution in [2.24, 2.45) is 0 Å². The van der Waals surface area contributed by atoms with Gasteiger partial charge in [0.25, 0.3) is 5.56 Å². The third-order valence-electron chi connectivity index (χ3n) is 2.61. The van der Waals surface area contributed by atoms with E-state index in [0.29, 0.717) is 21.8 Å². The topological polar surface area (TPSA) is 55.1 Å². The Morgan fingerprint density at radius 2 is 2.11 bits per heavy atom. The number of thioether (sulfide) groups is 1. The molecule has 1 aromatic carbocycles. The lowest BCUT2D eigenvalue weighted by Gasteiger charge is -2.15. The maximum absolute atomic E-state index is 12.4. The largest absolute Gasteiger partial charge is 0.396 e. The first-order valence-electron chi connectivity index (χ1n) is 5.90. The van der Waals surface area contributed by atoms with Gasteiger partial charge in [-0.2, -0.15) is 0 Å². The first-order chi connectivity index (χ1) is 8.65. The molecule has 0 radical (unpaired) electrons. The van der Waals surface area contributed by atoms with Crippen LogP contribution in [0.3, 0.4) is 0 Å². The second kappa shape index (κ2) is 5.54. The Hall–Kier alpha value is -1.33. The monoisotopic (exact) mass is 264 g/mol. The van der Waals surface area contributed by atoms with Gasteiger partial charge in [0, 0.05) is 11.8 Å². The van der Waals surface area contributed by atoms with E-state index in [4.69, 9.17) is 5.11 Å². The Balaban J connectivity index is 2.67. The van der Waals surface area contributed by atoms with Crippen LogP contribution >= 0.6 is 11.8 Å². The highest BCUT2D eigenvalue weighted by Crippen LogP contribution is 2.20. The van der Waals surface area contributed by atoms with E-state index >= 15 is 0 Å². The van der Waals surface area contributed by atoms with Crippen LogP contribution < -0.4 is 5.56 Å². The van der Waals surface area contributed by atoms with Crippen molar-refractivity contribution < 1.29 is 5.11 Å². The van der Waals surface area contributed by atoms with Gasteiger partial charge in [-0.1, -0.05) is 23.9 Å². The number of rotatable bonds is 4. The Morgan fingerprint density at radius 1 is 1.39 bits per heavy atom. The predicted molar refractivity (Wildman–Crippen MR) is 74.2 cm³/mol. The Bertz CT molecular complexity index is 607. The molecule has 0 aliphatic carbocycles. The quantitative estimate of drug-likeness (QED) is 0.678. The Labute approximate surface area is 110 Å². The van der Waals surface area contributed by atoms with E-state index in [-0.39, 0.29) is 18.2 Å². The minimum atomic E-state index is -0.0176. The summed E-state index contributed by atoms with van der Waals surface area (Å²) >= 11 is 1.41. The number of nitrogens with zero attached hydrogens (tertiary/aromatic N) is 2. The molecule has 96 valence electrons. The fourth-order valence-electron chi connectivity index (χ4n) is 1.82. The number of hydrogen-bond acceptors (Lipinski definition) is 4. The fourth-order valence-corrected chi connectivity index (χ4v) is 2.69. The maximum atomic E-state index is 12.4. The Morgan fingerprint density at radius 3 is 2.78 bits per heavy atom. The second-order valence-corrected chi connectivity index (χ2v) is 5.31. The summed E-state index contributed by atoms with van der Waals surface area (Å²) < 4.78 is 1.68. The van der Waals surface area contributed by atoms with Crippen LogP contribution in [0.15, 0.2) is 34.2 Å². The van der Waals surface area contributed by atoms with Crippen LogP contribution in [0, 0.1) is 0 Å². The van der Waals surface area contributed by atoms with Gasteiger partial charge in [-0.25, -0.2) is 4.98 Å². The number of hydrogen-bond donors (Lipinski definition) is 1. The predicted octanol–water partition coefficient (Wildman–Crippen LogP) is 2.06. The van der Waals surface area contributed by atoms with Gasteiger partial charge in [-0.05, 0) is 26.0 Å². The molecule has 1 N–H and O–H groups in total. The molecule has 0 amide bonds.